The minimum atomic E-state index is -0.231. The van der Waals surface area contributed by atoms with Gasteiger partial charge in [0.2, 0.25) is 0 Å². The van der Waals surface area contributed by atoms with Crippen LogP contribution in [0.1, 0.15) is 11.1 Å². The van der Waals surface area contributed by atoms with Crippen LogP contribution in [-0.2, 0) is 6.61 Å². The van der Waals surface area contributed by atoms with Crippen molar-refractivity contribution in [2.75, 3.05) is 0 Å². The largest absolute Gasteiger partial charge is 0.489 e. The van der Waals surface area contributed by atoms with E-state index in [4.69, 9.17) is 4.74 Å². The Hall–Kier alpha value is -2.61. The molecule has 0 aliphatic carbocycles. The van der Waals surface area contributed by atoms with E-state index in [1.165, 1.54) is 12.1 Å². The lowest BCUT2D eigenvalue weighted by Gasteiger charge is -2.10. The minimum Gasteiger partial charge on any atom is -0.489 e. The number of benzene rings is 3. The van der Waals surface area contributed by atoms with Gasteiger partial charge < -0.3 is 4.74 Å². The van der Waals surface area contributed by atoms with Gasteiger partial charge in [0, 0.05) is 0 Å². The van der Waals surface area contributed by atoms with Crippen LogP contribution in [0.25, 0.3) is 11.1 Å². The predicted molar refractivity (Wildman–Crippen MR) is 87.3 cm³/mol. The first kappa shape index (κ1) is 14.3. The molecule has 0 N–H and O–H groups in total. The van der Waals surface area contributed by atoms with Gasteiger partial charge in [-0.2, -0.15) is 0 Å². The van der Waals surface area contributed by atoms with Crippen LogP contribution in [0.5, 0.6) is 5.75 Å². The summed E-state index contributed by atoms with van der Waals surface area (Å²) in [6, 6.07) is 22.6. The number of ether oxygens (including phenoxy) is 1. The third kappa shape index (κ3) is 3.53. The summed E-state index contributed by atoms with van der Waals surface area (Å²) in [7, 11) is 0. The summed E-state index contributed by atoms with van der Waals surface area (Å²) in [6.45, 7) is 2.53. The molecule has 0 aliphatic heterocycles. The first-order valence-electron chi connectivity index (χ1n) is 7.25. The summed E-state index contributed by atoms with van der Waals surface area (Å²) in [4.78, 5) is 0. The number of hydrogen-bond acceptors (Lipinski definition) is 1. The summed E-state index contributed by atoms with van der Waals surface area (Å²) in [6.07, 6.45) is 0. The lowest BCUT2D eigenvalue weighted by atomic mass is 10.0. The third-order valence-corrected chi connectivity index (χ3v) is 3.46. The molecule has 110 valence electrons. The summed E-state index contributed by atoms with van der Waals surface area (Å²) >= 11 is 0. The van der Waals surface area contributed by atoms with Gasteiger partial charge in [0.25, 0.3) is 0 Å². The van der Waals surface area contributed by atoms with E-state index in [0.29, 0.717) is 6.61 Å². The molecule has 0 radical (unpaired) electrons. The van der Waals surface area contributed by atoms with Gasteiger partial charge in [-0.25, -0.2) is 4.39 Å². The molecule has 3 aromatic carbocycles. The zero-order chi connectivity index (χ0) is 15.4. The first-order chi connectivity index (χ1) is 10.7. The van der Waals surface area contributed by atoms with E-state index in [0.717, 1.165) is 28.0 Å². The summed E-state index contributed by atoms with van der Waals surface area (Å²) in [5.74, 6) is 0.564. The van der Waals surface area contributed by atoms with Crippen LogP contribution in [-0.4, -0.2) is 0 Å². The summed E-state index contributed by atoms with van der Waals surface area (Å²) < 4.78 is 19.3. The van der Waals surface area contributed by atoms with Crippen LogP contribution in [0, 0.1) is 12.7 Å². The predicted octanol–water partition coefficient (Wildman–Crippen LogP) is 5.38. The second-order valence-corrected chi connectivity index (χ2v) is 5.32. The van der Waals surface area contributed by atoms with Gasteiger partial charge in [0.1, 0.15) is 18.2 Å². The average Bonchev–Trinajstić information content (AvgIpc) is 2.53. The summed E-state index contributed by atoms with van der Waals surface area (Å²) in [5, 5.41) is 0. The van der Waals surface area contributed by atoms with Crippen molar-refractivity contribution in [2.24, 2.45) is 0 Å². The molecule has 3 rings (SSSR count). The van der Waals surface area contributed by atoms with Crippen LogP contribution in [0.3, 0.4) is 0 Å². The Morgan fingerprint density at radius 1 is 0.818 bits per heavy atom. The monoisotopic (exact) mass is 292 g/mol. The van der Waals surface area contributed by atoms with Crippen LogP contribution in [0.2, 0.25) is 0 Å². The highest BCUT2D eigenvalue weighted by atomic mass is 19.1. The smallest absolute Gasteiger partial charge is 0.123 e. The fraction of sp³-hybridized carbons (Fsp3) is 0.100. The number of hydrogen-bond donors (Lipinski definition) is 0. The van der Waals surface area contributed by atoms with Crippen LogP contribution < -0.4 is 4.74 Å². The number of rotatable bonds is 4. The Morgan fingerprint density at radius 3 is 2.41 bits per heavy atom. The molecular weight excluding hydrogens is 275 g/mol. The highest BCUT2D eigenvalue weighted by molar-refractivity contribution is 5.66. The van der Waals surface area contributed by atoms with Crippen molar-refractivity contribution in [3.63, 3.8) is 0 Å². The Morgan fingerprint density at radius 2 is 1.64 bits per heavy atom. The zero-order valence-electron chi connectivity index (χ0n) is 12.4. The van der Waals surface area contributed by atoms with Crippen molar-refractivity contribution in [1.82, 2.24) is 0 Å². The molecule has 0 spiro atoms. The van der Waals surface area contributed by atoms with Gasteiger partial charge in [-0.15, -0.1) is 0 Å². The topological polar surface area (TPSA) is 9.23 Å². The van der Waals surface area contributed by atoms with E-state index >= 15 is 0 Å². The molecule has 0 aliphatic rings. The minimum absolute atomic E-state index is 0.231. The van der Waals surface area contributed by atoms with E-state index < -0.39 is 0 Å². The van der Waals surface area contributed by atoms with Gasteiger partial charge in [-0.05, 0) is 53.4 Å². The standard InChI is InChI=1S/C20H17FO/c1-15-10-18(17-8-5-9-19(21)12-17)13-20(11-15)22-14-16-6-3-2-4-7-16/h2-13H,14H2,1H3. The Kier molecular flexibility index (Phi) is 4.19. The van der Waals surface area contributed by atoms with Crippen molar-refractivity contribution in [3.8, 4) is 16.9 Å². The molecule has 0 aromatic heterocycles. The van der Waals surface area contributed by atoms with Gasteiger partial charge in [-0.1, -0.05) is 48.5 Å². The van der Waals surface area contributed by atoms with Crippen molar-refractivity contribution in [2.45, 2.75) is 13.5 Å². The lowest BCUT2D eigenvalue weighted by molar-refractivity contribution is 0.306. The fourth-order valence-electron chi connectivity index (χ4n) is 2.41. The first-order valence-corrected chi connectivity index (χ1v) is 7.25. The lowest BCUT2D eigenvalue weighted by Crippen LogP contribution is -1.95. The van der Waals surface area contributed by atoms with E-state index in [2.05, 4.69) is 0 Å². The molecule has 0 fully saturated rings. The molecule has 0 saturated heterocycles. The molecule has 1 nitrogen and oxygen atoms in total. The van der Waals surface area contributed by atoms with Crippen LogP contribution in [0.4, 0.5) is 4.39 Å². The molecule has 0 atom stereocenters. The normalized spacial score (nSPS) is 10.5. The van der Waals surface area contributed by atoms with E-state index in [1.807, 2.05) is 61.5 Å². The highest BCUT2D eigenvalue weighted by Crippen LogP contribution is 2.27. The van der Waals surface area contributed by atoms with Crippen molar-refractivity contribution >= 4 is 0 Å². The SMILES string of the molecule is Cc1cc(OCc2ccccc2)cc(-c2cccc(F)c2)c1. The molecular formula is C20H17FO. The quantitative estimate of drug-likeness (QED) is 0.627. The van der Waals surface area contributed by atoms with Crippen LogP contribution >= 0.6 is 0 Å². The maximum atomic E-state index is 13.4. The average molecular weight is 292 g/mol. The molecule has 22 heavy (non-hydrogen) atoms. The van der Waals surface area contributed by atoms with Gasteiger partial charge in [-0.3, -0.25) is 0 Å². The van der Waals surface area contributed by atoms with Gasteiger partial charge >= 0.3 is 0 Å². The Labute approximate surface area is 130 Å². The molecule has 2 heteroatoms. The highest BCUT2D eigenvalue weighted by Gasteiger charge is 2.04. The zero-order valence-corrected chi connectivity index (χ0v) is 12.4. The molecule has 0 amide bonds. The van der Waals surface area contributed by atoms with E-state index in [9.17, 15) is 4.39 Å². The third-order valence-electron chi connectivity index (χ3n) is 3.46. The van der Waals surface area contributed by atoms with E-state index in [-0.39, 0.29) is 5.82 Å². The fourth-order valence-corrected chi connectivity index (χ4v) is 2.41. The van der Waals surface area contributed by atoms with Crippen molar-refractivity contribution in [3.05, 3.63) is 89.7 Å². The van der Waals surface area contributed by atoms with Gasteiger partial charge in [0.15, 0.2) is 0 Å². The van der Waals surface area contributed by atoms with E-state index in [1.54, 1.807) is 6.07 Å². The second-order valence-electron chi connectivity index (χ2n) is 5.32. The van der Waals surface area contributed by atoms with Crippen molar-refractivity contribution in [1.29, 1.82) is 0 Å². The molecule has 0 unspecified atom stereocenters. The Balaban J connectivity index is 1.84. The number of halogens is 1. The molecule has 0 saturated carbocycles. The maximum absolute atomic E-state index is 13.4. The molecule has 0 bridgehead atoms. The summed E-state index contributed by atoms with van der Waals surface area (Å²) in [5.41, 5.74) is 4.02. The maximum Gasteiger partial charge on any atom is 0.123 e. The number of aryl methyl sites for hydroxylation is 1. The van der Waals surface area contributed by atoms with Crippen LogP contribution in [0.15, 0.2) is 72.8 Å². The molecule has 0 heterocycles. The molecule has 3 aromatic rings. The Bertz CT molecular complexity index is 766. The van der Waals surface area contributed by atoms with Gasteiger partial charge in [0.05, 0.1) is 0 Å². The van der Waals surface area contributed by atoms with Crippen molar-refractivity contribution < 1.29 is 9.13 Å². The second kappa shape index (κ2) is 6.44.